The van der Waals surface area contributed by atoms with E-state index < -0.39 is 24.3 Å². The van der Waals surface area contributed by atoms with Crippen molar-refractivity contribution in [2.75, 3.05) is 6.54 Å². The van der Waals surface area contributed by atoms with Crippen LogP contribution >= 0.6 is 23.2 Å². The van der Waals surface area contributed by atoms with E-state index in [0.717, 1.165) is 4.90 Å². The van der Waals surface area contributed by atoms with E-state index in [4.69, 9.17) is 27.9 Å². The Labute approximate surface area is 141 Å². The van der Waals surface area contributed by atoms with Gasteiger partial charge in [-0.15, -0.1) is 0 Å². The number of hydrogen-bond acceptors (Lipinski definition) is 4. The van der Waals surface area contributed by atoms with Gasteiger partial charge in [-0.25, -0.2) is 4.79 Å². The fourth-order valence-corrected chi connectivity index (χ4v) is 2.67. The van der Waals surface area contributed by atoms with E-state index in [1.807, 2.05) is 0 Å². The van der Waals surface area contributed by atoms with Crippen LogP contribution in [0, 0.1) is 0 Å². The van der Waals surface area contributed by atoms with Crippen LogP contribution in [0.25, 0.3) is 0 Å². The highest BCUT2D eigenvalue weighted by Gasteiger charge is 2.36. The minimum absolute atomic E-state index is 0.109. The molecular formula is C16H9Cl2NO4. The Kier molecular flexibility index (Phi) is 4.07. The highest BCUT2D eigenvalue weighted by molar-refractivity contribution is 6.35. The lowest BCUT2D eigenvalue weighted by atomic mass is 10.1. The summed E-state index contributed by atoms with van der Waals surface area (Å²) in [6, 6.07) is 10.8. The first-order valence-electron chi connectivity index (χ1n) is 6.58. The Bertz CT molecular complexity index is 800. The lowest BCUT2D eigenvalue weighted by Gasteiger charge is -2.13. The van der Waals surface area contributed by atoms with Gasteiger partial charge in [0.05, 0.1) is 16.1 Å². The molecule has 0 aliphatic carbocycles. The van der Waals surface area contributed by atoms with Crippen molar-refractivity contribution in [2.24, 2.45) is 0 Å². The molecule has 0 saturated carbocycles. The summed E-state index contributed by atoms with van der Waals surface area (Å²) in [6.07, 6.45) is 0. The van der Waals surface area contributed by atoms with E-state index in [1.165, 1.54) is 30.3 Å². The van der Waals surface area contributed by atoms with Gasteiger partial charge in [0, 0.05) is 5.02 Å². The number of fused-ring (bicyclic) bond motifs is 1. The molecule has 0 unspecified atom stereocenters. The lowest BCUT2D eigenvalue weighted by molar-refractivity contribution is -0.134. The molecule has 1 heterocycles. The highest BCUT2D eigenvalue weighted by Crippen LogP contribution is 2.28. The first-order valence-corrected chi connectivity index (χ1v) is 7.34. The number of ether oxygens (including phenoxy) is 1. The molecule has 2 aromatic carbocycles. The molecule has 2 amide bonds. The summed E-state index contributed by atoms with van der Waals surface area (Å²) in [5.74, 6) is -1.71. The fraction of sp³-hybridized carbons (Fsp3) is 0.0625. The number of benzene rings is 2. The van der Waals surface area contributed by atoms with Gasteiger partial charge in [-0.1, -0.05) is 35.3 Å². The van der Waals surface area contributed by atoms with Gasteiger partial charge in [0.15, 0.2) is 0 Å². The first-order chi connectivity index (χ1) is 11.0. The third-order valence-electron chi connectivity index (χ3n) is 3.28. The summed E-state index contributed by atoms with van der Waals surface area (Å²) < 4.78 is 5.08. The van der Waals surface area contributed by atoms with Crippen molar-refractivity contribution in [3.05, 3.63) is 63.6 Å². The Morgan fingerprint density at radius 2 is 1.61 bits per heavy atom. The summed E-state index contributed by atoms with van der Waals surface area (Å²) in [7, 11) is 0. The number of rotatable bonds is 3. The quantitative estimate of drug-likeness (QED) is 0.485. The normalized spacial score (nSPS) is 13.2. The van der Waals surface area contributed by atoms with Crippen LogP contribution in [0.2, 0.25) is 10.0 Å². The SMILES string of the molecule is O=C(CN1C(=O)c2ccccc2C1=O)Oc1ccc(Cl)cc1Cl. The van der Waals surface area contributed by atoms with E-state index in [2.05, 4.69) is 0 Å². The third-order valence-corrected chi connectivity index (χ3v) is 3.81. The zero-order chi connectivity index (χ0) is 16.6. The monoisotopic (exact) mass is 349 g/mol. The third kappa shape index (κ3) is 2.93. The van der Waals surface area contributed by atoms with Gasteiger partial charge in [-0.05, 0) is 30.3 Å². The van der Waals surface area contributed by atoms with Crippen molar-refractivity contribution in [2.45, 2.75) is 0 Å². The van der Waals surface area contributed by atoms with Crippen molar-refractivity contribution in [3.63, 3.8) is 0 Å². The molecule has 3 rings (SSSR count). The molecule has 0 bridgehead atoms. The van der Waals surface area contributed by atoms with Crippen LogP contribution in [0.5, 0.6) is 5.75 Å². The maximum atomic E-state index is 12.2. The van der Waals surface area contributed by atoms with Crippen molar-refractivity contribution in [3.8, 4) is 5.75 Å². The minimum Gasteiger partial charge on any atom is -0.424 e. The van der Waals surface area contributed by atoms with Gasteiger partial charge in [0.2, 0.25) is 0 Å². The molecule has 0 aromatic heterocycles. The van der Waals surface area contributed by atoms with E-state index in [-0.39, 0.29) is 21.9 Å². The molecule has 23 heavy (non-hydrogen) atoms. The molecule has 0 N–H and O–H groups in total. The van der Waals surface area contributed by atoms with Crippen LogP contribution < -0.4 is 4.74 Å². The summed E-state index contributed by atoms with van der Waals surface area (Å²) in [4.78, 5) is 37.2. The molecule has 2 aromatic rings. The molecule has 0 radical (unpaired) electrons. The molecule has 0 fully saturated rings. The van der Waals surface area contributed by atoms with Crippen LogP contribution in [0.4, 0.5) is 0 Å². The molecule has 1 aliphatic rings. The zero-order valence-electron chi connectivity index (χ0n) is 11.6. The topological polar surface area (TPSA) is 63.7 Å². The van der Waals surface area contributed by atoms with Gasteiger partial charge < -0.3 is 4.74 Å². The number of hydrogen-bond donors (Lipinski definition) is 0. The molecule has 0 spiro atoms. The van der Waals surface area contributed by atoms with Gasteiger partial charge in [0.1, 0.15) is 12.3 Å². The molecule has 1 aliphatic heterocycles. The highest BCUT2D eigenvalue weighted by atomic mass is 35.5. The standard InChI is InChI=1S/C16H9Cl2NO4/c17-9-5-6-13(12(18)7-9)23-14(20)8-19-15(21)10-3-1-2-4-11(10)16(19)22/h1-7H,8H2. The number of amides is 2. The Hall–Kier alpha value is -2.37. The van der Waals surface area contributed by atoms with Crippen LogP contribution in [-0.2, 0) is 4.79 Å². The van der Waals surface area contributed by atoms with Crippen molar-refractivity contribution >= 4 is 41.0 Å². The number of carbonyl (C=O) groups is 3. The van der Waals surface area contributed by atoms with E-state index in [0.29, 0.717) is 5.02 Å². The Balaban J connectivity index is 1.74. The van der Waals surface area contributed by atoms with Crippen molar-refractivity contribution in [1.29, 1.82) is 0 Å². The average molecular weight is 350 g/mol. The van der Waals surface area contributed by atoms with E-state index in [1.54, 1.807) is 12.1 Å². The predicted octanol–water partition coefficient (Wildman–Crippen LogP) is 3.20. The largest absolute Gasteiger partial charge is 0.424 e. The first kappa shape index (κ1) is 15.5. The number of nitrogens with zero attached hydrogens (tertiary/aromatic N) is 1. The second-order valence-electron chi connectivity index (χ2n) is 4.79. The number of imide groups is 1. The molecule has 5 nitrogen and oxygen atoms in total. The smallest absolute Gasteiger partial charge is 0.331 e. The Morgan fingerprint density at radius 3 is 2.17 bits per heavy atom. The molecule has 0 atom stereocenters. The van der Waals surface area contributed by atoms with E-state index in [9.17, 15) is 14.4 Å². The van der Waals surface area contributed by atoms with Gasteiger partial charge >= 0.3 is 5.97 Å². The maximum Gasteiger partial charge on any atom is 0.331 e. The molecule has 0 saturated heterocycles. The summed E-state index contributed by atoms with van der Waals surface area (Å²) in [5, 5.41) is 0.559. The number of carbonyl (C=O) groups excluding carboxylic acids is 3. The second kappa shape index (κ2) is 6.02. The van der Waals surface area contributed by atoms with Gasteiger partial charge in [-0.2, -0.15) is 0 Å². The summed E-state index contributed by atoms with van der Waals surface area (Å²) in [5.41, 5.74) is 0.546. The zero-order valence-corrected chi connectivity index (χ0v) is 13.1. The van der Waals surface area contributed by atoms with Crippen molar-refractivity contribution < 1.29 is 19.1 Å². The van der Waals surface area contributed by atoms with Crippen LogP contribution in [0.15, 0.2) is 42.5 Å². The summed E-state index contributed by atoms with van der Waals surface area (Å²) in [6.45, 7) is -0.495. The maximum absolute atomic E-state index is 12.2. The lowest BCUT2D eigenvalue weighted by Crippen LogP contribution is -2.36. The van der Waals surface area contributed by atoms with E-state index >= 15 is 0 Å². The number of esters is 1. The minimum atomic E-state index is -0.774. The van der Waals surface area contributed by atoms with Gasteiger partial charge in [-0.3, -0.25) is 14.5 Å². The molecule has 116 valence electrons. The predicted molar refractivity (Wildman–Crippen MR) is 83.9 cm³/mol. The Morgan fingerprint density at radius 1 is 1.00 bits per heavy atom. The number of halogens is 2. The van der Waals surface area contributed by atoms with Crippen molar-refractivity contribution in [1.82, 2.24) is 4.90 Å². The van der Waals surface area contributed by atoms with Gasteiger partial charge in [0.25, 0.3) is 11.8 Å². The fourth-order valence-electron chi connectivity index (χ4n) is 2.22. The van der Waals surface area contributed by atoms with Crippen LogP contribution in [0.3, 0.4) is 0 Å². The van der Waals surface area contributed by atoms with Crippen LogP contribution in [0.1, 0.15) is 20.7 Å². The molecular weight excluding hydrogens is 341 g/mol. The second-order valence-corrected chi connectivity index (χ2v) is 5.63. The van der Waals surface area contributed by atoms with Crippen LogP contribution in [-0.4, -0.2) is 29.2 Å². The molecule has 7 heteroatoms. The average Bonchev–Trinajstić information content (AvgIpc) is 2.76. The summed E-state index contributed by atoms with van der Waals surface area (Å²) >= 11 is 11.7.